The summed E-state index contributed by atoms with van der Waals surface area (Å²) in [6.45, 7) is 1.89. The van der Waals surface area contributed by atoms with Gasteiger partial charge >= 0.3 is 5.97 Å². The number of esters is 1. The highest BCUT2D eigenvalue weighted by atomic mass is 35.5. The van der Waals surface area contributed by atoms with Gasteiger partial charge in [0.1, 0.15) is 0 Å². The summed E-state index contributed by atoms with van der Waals surface area (Å²) in [5.74, 6) is -0.750. The van der Waals surface area contributed by atoms with E-state index in [1.165, 1.54) is 7.11 Å². The summed E-state index contributed by atoms with van der Waals surface area (Å²) in [5, 5.41) is 10.5. The zero-order valence-corrected chi connectivity index (χ0v) is 14.7. The van der Waals surface area contributed by atoms with Gasteiger partial charge in [-0.05, 0) is 43.7 Å². The molecule has 8 heteroatoms. The van der Waals surface area contributed by atoms with E-state index in [1.807, 2.05) is 10.9 Å². The number of rotatable bonds is 4. The molecule has 2 aromatic rings. The molecule has 1 saturated heterocycles. The topological polar surface area (TPSA) is 85.2 Å². The number of piperidine rings is 1. The van der Waals surface area contributed by atoms with Crippen molar-refractivity contribution in [2.45, 2.75) is 18.9 Å². The monoisotopic (exact) mass is 364 g/mol. The van der Waals surface area contributed by atoms with E-state index in [0.717, 1.165) is 25.9 Å². The van der Waals surface area contributed by atoms with E-state index in [4.69, 9.17) is 0 Å². The summed E-state index contributed by atoms with van der Waals surface area (Å²) >= 11 is 0. The van der Waals surface area contributed by atoms with E-state index in [9.17, 15) is 9.59 Å². The van der Waals surface area contributed by atoms with Crippen molar-refractivity contribution in [2.24, 2.45) is 0 Å². The van der Waals surface area contributed by atoms with E-state index in [0.29, 0.717) is 16.9 Å². The average molecular weight is 365 g/mol. The van der Waals surface area contributed by atoms with Gasteiger partial charge in [0.25, 0.3) is 5.91 Å². The van der Waals surface area contributed by atoms with Crippen LogP contribution in [-0.2, 0) is 4.74 Å². The molecule has 0 aliphatic carbocycles. The van der Waals surface area contributed by atoms with Gasteiger partial charge in [-0.1, -0.05) is 6.07 Å². The maximum absolute atomic E-state index is 12.3. The Morgan fingerprint density at radius 1 is 1.36 bits per heavy atom. The Morgan fingerprint density at radius 2 is 2.20 bits per heavy atom. The van der Waals surface area contributed by atoms with Crippen molar-refractivity contribution >= 4 is 30.0 Å². The van der Waals surface area contributed by atoms with E-state index in [1.54, 1.807) is 30.3 Å². The largest absolute Gasteiger partial charge is 0.465 e. The molecule has 0 bridgehead atoms. The van der Waals surface area contributed by atoms with Crippen LogP contribution in [0.5, 0.6) is 0 Å². The molecular weight excluding hydrogens is 344 g/mol. The molecule has 0 spiro atoms. The van der Waals surface area contributed by atoms with Crippen LogP contribution in [0.3, 0.4) is 0 Å². The van der Waals surface area contributed by atoms with Crippen molar-refractivity contribution < 1.29 is 14.3 Å². The molecule has 7 nitrogen and oxygen atoms in total. The number of halogens is 1. The maximum Gasteiger partial charge on any atom is 0.337 e. The van der Waals surface area contributed by atoms with Crippen LogP contribution in [0.2, 0.25) is 0 Å². The summed E-state index contributed by atoms with van der Waals surface area (Å²) in [6.07, 6.45) is 3.99. The van der Waals surface area contributed by atoms with Gasteiger partial charge < -0.3 is 15.4 Å². The molecule has 1 amide bonds. The zero-order chi connectivity index (χ0) is 16.9. The summed E-state index contributed by atoms with van der Waals surface area (Å²) < 4.78 is 6.52. The third kappa shape index (κ3) is 4.58. The molecule has 2 heterocycles. The number of hydrogen-bond donors (Lipinski definition) is 2. The number of amides is 1. The second-order valence-electron chi connectivity index (χ2n) is 5.71. The SMILES string of the molecule is COC(=O)c1cccc(NC(=O)c2ccn(C3CCCNC3)n2)c1.Cl. The van der Waals surface area contributed by atoms with Crippen LogP contribution in [0.25, 0.3) is 0 Å². The number of nitrogens with one attached hydrogen (secondary N) is 2. The van der Waals surface area contributed by atoms with Crippen molar-refractivity contribution in [3.63, 3.8) is 0 Å². The van der Waals surface area contributed by atoms with Crippen molar-refractivity contribution in [1.82, 2.24) is 15.1 Å². The first-order valence-electron chi connectivity index (χ1n) is 7.93. The Labute approximate surface area is 152 Å². The highest BCUT2D eigenvalue weighted by molar-refractivity contribution is 6.03. The molecule has 3 rings (SSSR count). The van der Waals surface area contributed by atoms with Crippen LogP contribution in [0.1, 0.15) is 39.7 Å². The van der Waals surface area contributed by atoms with Crippen molar-refractivity contribution in [1.29, 1.82) is 0 Å². The molecule has 1 unspecified atom stereocenters. The van der Waals surface area contributed by atoms with Crippen LogP contribution in [0.4, 0.5) is 5.69 Å². The number of hydrogen-bond acceptors (Lipinski definition) is 5. The molecule has 1 aromatic heterocycles. The first kappa shape index (κ1) is 19.0. The Morgan fingerprint density at radius 3 is 2.92 bits per heavy atom. The molecule has 1 fully saturated rings. The first-order valence-corrected chi connectivity index (χ1v) is 7.93. The second-order valence-corrected chi connectivity index (χ2v) is 5.71. The molecule has 1 aromatic carbocycles. The highest BCUT2D eigenvalue weighted by Crippen LogP contribution is 2.17. The summed E-state index contributed by atoms with van der Waals surface area (Å²) in [5.41, 5.74) is 1.26. The number of aromatic nitrogens is 2. The average Bonchev–Trinajstić information content (AvgIpc) is 3.12. The minimum atomic E-state index is -0.444. The number of benzene rings is 1. The number of carbonyl (C=O) groups excluding carboxylic acids is 2. The Balaban J connectivity index is 0.00000225. The fraction of sp³-hybridized carbons (Fsp3) is 0.353. The number of ether oxygens (including phenoxy) is 1. The fourth-order valence-electron chi connectivity index (χ4n) is 2.76. The number of carbonyl (C=O) groups is 2. The van der Waals surface area contributed by atoms with Gasteiger partial charge in [0.2, 0.25) is 0 Å². The molecule has 1 aliphatic heterocycles. The first-order chi connectivity index (χ1) is 11.7. The lowest BCUT2D eigenvalue weighted by Crippen LogP contribution is -2.32. The van der Waals surface area contributed by atoms with Gasteiger partial charge in [-0.2, -0.15) is 5.10 Å². The van der Waals surface area contributed by atoms with E-state index in [-0.39, 0.29) is 24.4 Å². The van der Waals surface area contributed by atoms with Crippen molar-refractivity contribution in [3.8, 4) is 0 Å². The summed E-state index contributed by atoms with van der Waals surface area (Å²) in [7, 11) is 1.32. The molecule has 134 valence electrons. The lowest BCUT2D eigenvalue weighted by atomic mass is 10.1. The zero-order valence-electron chi connectivity index (χ0n) is 13.9. The molecule has 1 atom stereocenters. The molecule has 0 saturated carbocycles. The van der Waals surface area contributed by atoms with E-state index in [2.05, 4.69) is 20.5 Å². The predicted molar refractivity (Wildman–Crippen MR) is 96.4 cm³/mol. The second kappa shape index (κ2) is 8.64. The summed E-state index contributed by atoms with van der Waals surface area (Å²) in [4.78, 5) is 23.9. The molecular formula is C17H21ClN4O3. The fourth-order valence-corrected chi connectivity index (χ4v) is 2.76. The van der Waals surface area contributed by atoms with Crippen molar-refractivity contribution in [3.05, 3.63) is 47.8 Å². The van der Waals surface area contributed by atoms with Gasteiger partial charge in [0.05, 0.1) is 18.7 Å². The minimum Gasteiger partial charge on any atom is -0.465 e. The van der Waals surface area contributed by atoms with Crippen LogP contribution in [0, 0.1) is 0 Å². The van der Waals surface area contributed by atoms with E-state index < -0.39 is 5.97 Å². The van der Waals surface area contributed by atoms with Crippen LogP contribution in [-0.4, -0.2) is 41.9 Å². The smallest absolute Gasteiger partial charge is 0.337 e. The molecule has 0 radical (unpaired) electrons. The third-order valence-corrected chi connectivity index (χ3v) is 4.03. The van der Waals surface area contributed by atoms with Gasteiger partial charge in [-0.3, -0.25) is 9.48 Å². The van der Waals surface area contributed by atoms with E-state index >= 15 is 0 Å². The van der Waals surface area contributed by atoms with Gasteiger partial charge in [-0.25, -0.2) is 4.79 Å². The standard InChI is InChI=1S/C17H20N4O3.ClH/c1-24-17(23)12-4-2-5-13(10-12)19-16(22)15-7-9-21(20-15)14-6-3-8-18-11-14;/h2,4-5,7,9-10,14,18H,3,6,8,11H2,1H3,(H,19,22);1H. The number of methoxy groups -OCH3 is 1. The lowest BCUT2D eigenvalue weighted by molar-refractivity contribution is 0.0600. The highest BCUT2D eigenvalue weighted by Gasteiger charge is 2.18. The molecule has 25 heavy (non-hydrogen) atoms. The van der Waals surface area contributed by atoms with Crippen LogP contribution >= 0.6 is 12.4 Å². The van der Waals surface area contributed by atoms with Gasteiger partial charge in [0, 0.05) is 18.4 Å². The Kier molecular flexibility index (Phi) is 6.55. The van der Waals surface area contributed by atoms with Crippen LogP contribution < -0.4 is 10.6 Å². The third-order valence-electron chi connectivity index (χ3n) is 4.03. The maximum atomic E-state index is 12.3. The normalized spacial score (nSPS) is 16.6. The number of anilines is 1. The lowest BCUT2D eigenvalue weighted by Gasteiger charge is -2.22. The van der Waals surface area contributed by atoms with Gasteiger partial charge in [-0.15, -0.1) is 12.4 Å². The Hall–Kier alpha value is -2.38. The molecule has 2 N–H and O–H groups in total. The quantitative estimate of drug-likeness (QED) is 0.813. The number of nitrogens with zero attached hydrogens (tertiary/aromatic N) is 2. The summed E-state index contributed by atoms with van der Waals surface area (Å²) in [6, 6.07) is 8.59. The van der Waals surface area contributed by atoms with Crippen molar-refractivity contribution in [2.75, 3.05) is 25.5 Å². The van der Waals surface area contributed by atoms with Crippen LogP contribution in [0.15, 0.2) is 36.5 Å². The molecule has 1 aliphatic rings. The Bertz CT molecular complexity index is 741. The minimum absolute atomic E-state index is 0. The predicted octanol–water partition coefficient (Wildman–Crippen LogP) is 2.27. The van der Waals surface area contributed by atoms with Gasteiger partial charge in [0.15, 0.2) is 5.69 Å².